The van der Waals surface area contributed by atoms with Gasteiger partial charge in [0.1, 0.15) is 5.75 Å². The lowest BCUT2D eigenvalue weighted by Gasteiger charge is -2.13. The van der Waals surface area contributed by atoms with Crippen LogP contribution in [-0.2, 0) is 0 Å². The summed E-state index contributed by atoms with van der Waals surface area (Å²) >= 11 is 0. The molecule has 110 valence electrons. The molecule has 4 heteroatoms. The number of aryl methyl sites for hydroxylation is 2. The summed E-state index contributed by atoms with van der Waals surface area (Å²) in [4.78, 5) is 15.5. The van der Waals surface area contributed by atoms with Gasteiger partial charge in [0.05, 0.1) is 17.9 Å². The topological polar surface area (TPSA) is 59.4 Å². The number of nitrogens with zero attached hydrogens (tertiary/aromatic N) is 1. The summed E-state index contributed by atoms with van der Waals surface area (Å²) in [5.74, 6) is -0.240. The predicted octanol–water partition coefficient (Wildman–Crippen LogP) is 3.85. The molecule has 0 aliphatic carbocycles. The number of carboxylic acids is 1. The zero-order valence-electron chi connectivity index (χ0n) is 12.7. The van der Waals surface area contributed by atoms with Crippen LogP contribution in [0.25, 0.3) is 11.1 Å². The van der Waals surface area contributed by atoms with Gasteiger partial charge < -0.3 is 9.84 Å². The van der Waals surface area contributed by atoms with E-state index in [4.69, 9.17) is 4.74 Å². The highest BCUT2D eigenvalue weighted by atomic mass is 16.5. The summed E-state index contributed by atoms with van der Waals surface area (Å²) in [5, 5.41) is 9.26. The number of aromatic nitrogens is 1. The van der Waals surface area contributed by atoms with Gasteiger partial charge in [0.25, 0.3) is 0 Å². The lowest BCUT2D eigenvalue weighted by atomic mass is 9.96. The number of rotatable bonds is 4. The van der Waals surface area contributed by atoms with E-state index in [0.29, 0.717) is 11.3 Å². The van der Waals surface area contributed by atoms with E-state index < -0.39 is 5.97 Å². The Morgan fingerprint density at radius 2 is 1.86 bits per heavy atom. The lowest BCUT2D eigenvalue weighted by Crippen LogP contribution is -2.06. The standard InChI is InChI=1S/C17H19NO3/c1-10(2)21-14-6-13(8-18-9-14)15-7-16(17(19)20)12(4)5-11(15)3/h5-10H,1-4H3,(H,19,20). The van der Waals surface area contributed by atoms with E-state index in [1.165, 1.54) is 0 Å². The first-order valence-electron chi connectivity index (χ1n) is 6.85. The molecule has 0 saturated heterocycles. The minimum atomic E-state index is -0.920. The first kappa shape index (κ1) is 15.0. The van der Waals surface area contributed by atoms with Crippen LogP contribution in [-0.4, -0.2) is 22.2 Å². The van der Waals surface area contributed by atoms with Crippen LogP contribution in [0.1, 0.15) is 35.3 Å². The SMILES string of the molecule is Cc1cc(C)c(-c2cncc(OC(C)C)c2)cc1C(=O)O. The Morgan fingerprint density at radius 1 is 1.14 bits per heavy atom. The predicted molar refractivity (Wildman–Crippen MR) is 81.9 cm³/mol. The Hall–Kier alpha value is -2.36. The van der Waals surface area contributed by atoms with Gasteiger partial charge in [-0.15, -0.1) is 0 Å². The highest BCUT2D eigenvalue weighted by molar-refractivity contribution is 5.91. The van der Waals surface area contributed by atoms with Crippen molar-refractivity contribution >= 4 is 5.97 Å². The van der Waals surface area contributed by atoms with E-state index >= 15 is 0 Å². The minimum absolute atomic E-state index is 0.0655. The van der Waals surface area contributed by atoms with Crippen molar-refractivity contribution in [1.29, 1.82) is 0 Å². The van der Waals surface area contributed by atoms with Crippen LogP contribution >= 0.6 is 0 Å². The van der Waals surface area contributed by atoms with E-state index in [1.807, 2.05) is 32.9 Å². The van der Waals surface area contributed by atoms with Gasteiger partial charge in [-0.3, -0.25) is 4.98 Å². The average molecular weight is 285 g/mol. The van der Waals surface area contributed by atoms with Crippen LogP contribution in [0.4, 0.5) is 0 Å². The monoisotopic (exact) mass is 285 g/mol. The van der Waals surface area contributed by atoms with Crippen LogP contribution in [0.2, 0.25) is 0 Å². The lowest BCUT2D eigenvalue weighted by molar-refractivity contribution is 0.0696. The Morgan fingerprint density at radius 3 is 2.48 bits per heavy atom. The van der Waals surface area contributed by atoms with Gasteiger partial charge in [-0.25, -0.2) is 4.79 Å². The van der Waals surface area contributed by atoms with Crippen molar-refractivity contribution in [2.75, 3.05) is 0 Å². The van der Waals surface area contributed by atoms with Crippen LogP contribution in [0.3, 0.4) is 0 Å². The van der Waals surface area contributed by atoms with E-state index in [2.05, 4.69) is 4.98 Å². The van der Waals surface area contributed by atoms with Gasteiger partial charge in [-0.05, 0) is 56.5 Å². The Labute approximate surface area is 124 Å². The zero-order valence-corrected chi connectivity index (χ0v) is 12.7. The highest BCUT2D eigenvalue weighted by Gasteiger charge is 2.12. The molecule has 0 radical (unpaired) electrons. The number of ether oxygens (including phenoxy) is 1. The van der Waals surface area contributed by atoms with Crippen LogP contribution in [0.15, 0.2) is 30.6 Å². The third kappa shape index (κ3) is 3.40. The van der Waals surface area contributed by atoms with E-state index in [-0.39, 0.29) is 6.10 Å². The number of hydrogen-bond donors (Lipinski definition) is 1. The van der Waals surface area contributed by atoms with E-state index in [0.717, 1.165) is 22.3 Å². The van der Waals surface area contributed by atoms with Crippen molar-refractivity contribution < 1.29 is 14.6 Å². The van der Waals surface area contributed by atoms with Crippen molar-refractivity contribution in [2.45, 2.75) is 33.8 Å². The minimum Gasteiger partial charge on any atom is -0.489 e. The molecule has 0 atom stereocenters. The zero-order chi connectivity index (χ0) is 15.6. The molecule has 0 spiro atoms. The van der Waals surface area contributed by atoms with Crippen LogP contribution < -0.4 is 4.74 Å². The fraction of sp³-hybridized carbons (Fsp3) is 0.294. The second-order valence-electron chi connectivity index (χ2n) is 5.36. The summed E-state index contributed by atoms with van der Waals surface area (Å²) in [6.45, 7) is 7.67. The Bertz CT molecular complexity index is 678. The van der Waals surface area contributed by atoms with Gasteiger partial charge in [0.2, 0.25) is 0 Å². The second-order valence-corrected chi connectivity index (χ2v) is 5.36. The number of benzene rings is 1. The van der Waals surface area contributed by atoms with Crippen molar-refractivity contribution in [1.82, 2.24) is 4.98 Å². The quantitative estimate of drug-likeness (QED) is 0.927. The van der Waals surface area contributed by atoms with Gasteiger partial charge in [-0.2, -0.15) is 0 Å². The molecule has 2 aromatic rings. The fourth-order valence-corrected chi connectivity index (χ4v) is 2.30. The van der Waals surface area contributed by atoms with Crippen molar-refractivity contribution in [2.24, 2.45) is 0 Å². The smallest absolute Gasteiger partial charge is 0.335 e. The molecule has 21 heavy (non-hydrogen) atoms. The first-order valence-corrected chi connectivity index (χ1v) is 6.85. The van der Waals surface area contributed by atoms with Gasteiger partial charge in [0.15, 0.2) is 0 Å². The molecule has 0 fully saturated rings. The van der Waals surface area contributed by atoms with Gasteiger partial charge in [-0.1, -0.05) is 6.07 Å². The van der Waals surface area contributed by atoms with Crippen LogP contribution in [0, 0.1) is 13.8 Å². The Balaban J connectivity index is 2.51. The highest BCUT2D eigenvalue weighted by Crippen LogP contribution is 2.28. The molecule has 4 nitrogen and oxygen atoms in total. The molecule has 0 aliphatic heterocycles. The van der Waals surface area contributed by atoms with E-state index in [1.54, 1.807) is 25.4 Å². The summed E-state index contributed by atoms with van der Waals surface area (Å²) in [6.07, 6.45) is 3.44. The maximum atomic E-state index is 11.3. The van der Waals surface area contributed by atoms with Crippen LogP contribution in [0.5, 0.6) is 5.75 Å². The molecule has 0 saturated carbocycles. The number of aromatic carboxylic acids is 1. The number of carboxylic acid groups (broad SMARTS) is 1. The third-order valence-corrected chi connectivity index (χ3v) is 3.20. The summed E-state index contributed by atoms with van der Waals surface area (Å²) in [5.41, 5.74) is 3.80. The fourth-order valence-electron chi connectivity index (χ4n) is 2.30. The molecule has 1 heterocycles. The molecular weight excluding hydrogens is 266 g/mol. The molecular formula is C17H19NO3. The average Bonchev–Trinajstić information content (AvgIpc) is 2.37. The first-order chi connectivity index (χ1) is 9.88. The molecule has 0 amide bonds. The molecule has 1 aromatic carbocycles. The molecule has 0 unspecified atom stereocenters. The maximum Gasteiger partial charge on any atom is 0.335 e. The van der Waals surface area contributed by atoms with Crippen molar-refractivity contribution in [3.63, 3.8) is 0 Å². The molecule has 0 aliphatic rings. The Kier molecular flexibility index (Phi) is 4.26. The van der Waals surface area contributed by atoms with Crippen molar-refractivity contribution in [3.8, 4) is 16.9 Å². The third-order valence-electron chi connectivity index (χ3n) is 3.20. The summed E-state index contributed by atoms with van der Waals surface area (Å²) in [6, 6.07) is 5.47. The molecule has 1 N–H and O–H groups in total. The number of pyridine rings is 1. The normalized spacial score (nSPS) is 10.7. The van der Waals surface area contributed by atoms with Crippen molar-refractivity contribution in [3.05, 3.63) is 47.3 Å². The molecule has 2 rings (SSSR count). The summed E-state index contributed by atoms with van der Waals surface area (Å²) < 4.78 is 5.64. The number of hydrogen-bond acceptors (Lipinski definition) is 3. The molecule has 0 bridgehead atoms. The van der Waals surface area contributed by atoms with Gasteiger partial charge in [0, 0.05) is 11.8 Å². The molecule has 1 aromatic heterocycles. The number of carbonyl (C=O) groups is 1. The maximum absolute atomic E-state index is 11.3. The second kappa shape index (κ2) is 5.95. The van der Waals surface area contributed by atoms with Gasteiger partial charge >= 0.3 is 5.97 Å². The van der Waals surface area contributed by atoms with E-state index in [9.17, 15) is 9.90 Å². The summed E-state index contributed by atoms with van der Waals surface area (Å²) in [7, 11) is 0. The largest absolute Gasteiger partial charge is 0.489 e.